The quantitative estimate of drug-likeness (QED) is 0.642. The second-order valence-electron chi connectivity index (χ2n) is 2.95. The number of alkyl halides is 1. The molecule has 1 atom stereocenters. The van der Waals surface area contributed by atoms with Gasteiger partial charge >= 0.3 is 5.97 Å². The summed E-state index contributed by atoms with van der Waals surface area (Å²) in [6, 6.07) is 0. The average Bonchev–Trinajstić information content (AvgIpc) is 1.81. The standard InChI is InChI=1S/C7H11FO2/c1-5(6(9)10)7(8)3-2-4-7/h5H,2-4H2,1H3,(H,9,10). The number of carboxylic acids is 1. The summed E-state index contributed by atoms with van der Waals surface area (Å²) in [5.41, 5.74) is -1.40. The summed E-state index contributed by atoms with van der Waals surface area (Å²) in [6.45, 7) is 1.43. The van der Waals surface area contributed by atoms with Crippen molar-refractivity contribution >= 4 is 5.97 Å². The van der Waals surface area contributed by atoms with E-state index in [1.54, 1.807) is 0 Å². The highest BCUT2D eigenvalue weighted by molar-refractivity contribution is 5.71. The summed E-state index contributed by atoms with van der Waals surface area (Å²) in [6.07, 6.45) is 1.66. The number of halogens is 1. The van der Waals surface area contributed by atoms with E-state index in [1.807, 2.05) is 0 Å². The normalized spacial score (nSPS) is 25.0. The third-order valence-electron chi connectivity index (χ3n) is 2.33. The first-order valence-electron chi connectivity index (χ1n) is 3.48. The molecule has 1 aliphatic carbocycles. The molecule has 0 aromatic carbocycles. The number of hydrogen-bond acceptors (Lipinski definition) is 1. The molecular weight excluding hydrogens is 135 g/mol. The summed E-state index contributed by atoms with van der Waals surface area (Å²) in [7, 11) is 0. The lowest BCUT2D eigenvalue weighted by Crippen LogP contribution is -2.42. The van der Waals surface area contributed by atoms with Gasteiger partial charge in [-0.1, -0.05) is 0 Å². The molecular formula is C7H11FO2. The van der Waals surface area contributed by atoms with E-state index in [0.717, 1.165) is 6.42 Å². The molecule has 1 aliphatic rings. The lowest BCUT2D eigenvalue weighted by Gasteiger charge is -2.36. The van der Waals surface area contributed by atoms with Crippen molar-refractivity contribution in [3.63, 3.8) is 0 Å². The van der Waals surface area contributed by atoms with Crippen molar-refractivity contribution in [2.75, 3.05) is 0 Å². The molecule has 0 saturated heterocycles. The van der Waals surface area contributed by atoms with E-state index in [1.165, 1.54) is 6.92 Å². The molecule has 58 valence electrons. The highest BCUT2D eigenvalue weighted by Gasteiger charge is 2.45. The minimum absolute atomic E-state index is 0.417. The number of hydrogen-bond donors (Lipinski definition) is 1. The Morgan fingerprint density at radius 3 is 2.30 bits per heavy atom. The van der Waals surface area contributed by atoms with Crippen LogP contribution >= 0.6 is 0 Å². The first kappa shape index (κ1) is 7.51. The van der Waals surface area contributed by atoms with Gasteiger partial charge in [0.25, 0.3) is 0 Å². The lowest BCUT2D eigenvalue weighted by molar-refractivity contribution is -0.150. The van der Waals surface area contributed by atoms with Gasteiger partial charge in [0, 0.05) is 0 Å². The molecule has 1 unspecified atom stereocenters. The Kier molecular flexibility index (Phi) is 1.67. The molecule has 0 aliphatic heterocycles. The van der Waals surface area contributed by atoms with E-state index < -0.39 is 17.6 Å². The van der Waals surface area contributed by atoms with Gasteiger partial charge in [-0.2, -0.15) is 0 Å². The number of aliphatic carboxylic acids is 1. The van der Waals surface area contributed by atoms with Crippen LogP contribution in [-0.4, -0.2) is 16.7 Å². The Morgan fingerprint density at radius 1 is 1.70 bits per heavy atom. The fraction of sp³-hybridized carbons (Fsp3) is 0.857. The molecule has 0 aromatic rings. The summed E-state index contributed by atoms with van der Waals surface area (Å²) in [5, 5.41) is 8.44. The third-order valence-corrected chi connectivity index (χ3v) is 2.33. The van der Waals surface area contributed by atoms with Crippen molar-refractivity contribution in [2.45, 2.75) is 31.9 Å². The Morgan fingerprint density at radius 2 is 2.20 bits per heavy atom. The zero-order chi connectivity index (χ0) is 7.78. The molecule has 0 amide bonds. The maximum Gasteiger partial charge on any atom is 0.309 e. The average molecular weight is 146 g/mol. The molecule has 0 spiro atoms. The van der Waals surface area contributed by atoms with Crippen molar-refractivity contribution in [2.24, 2.45) is 5.92 Å². The molecule has 1 fully saturated rings. The fourth-order valence-corrected chi connectivity index (χ4v) is 1.17. The van der Waals surface area contributed by atoms with Crippen molar-refractivity contribution in [1.29, 1.82) is 0 Å². The monoisotopic (exact) mass is 146 g/mol. The number of carboxylic acid groups (broad SMARTS) is 1. The molecule has 0 bridgehead atoms. The van der Waals surface area contributed by atoms with Gasteiger partial charge in [-0.3, -0.25) is 4.79 Å². The van der Waals surface area contributed by atoms with E-state index in [4.69, 9.17) is 5.11 Å². The molecule has 3 heteroatoms. The predicted octanol–water partition coefficient (Wildman–Crippen LogP) is 1.60. The molecule has 0 aromatic heterocycles. The number of rotatable bonds is 2. The van der Waals surface area contributed by atoms with Crippen LogP contribution in [0.1, 0.15) is 26.2 Å². The molecule has 0 heterocycles. The van der Waals surface area contributed by atoms with E-state index in [0.29, 0.717) is 12.8 Å². The van der Waals surface area contributed by atoms with E-state index >= 15 is 0 Å². The second kappa shape index (κ2) is 2.22. The van der Waals surface area contributed by atoms with Crippen molar-refractivity contribution in [3.8, 4) is 0 Å². The van der Waals surface area contributed by atoms with Crippen LogP contribution < -0.4 is 0 Å². The van der Waals surface area contributed by atoms with Crippen LogP contribution in [0.15, 0.2) is 0 Å². The van der Waals surface area contributed by atoms with Crippen LogP contribution in [0.2, 0.25) is 0 Å². The summed E-state index contributed by atoms with van der Waals surface area (Å²) in [5.74, 6) is -1.86. The van der Waals surface area contributed by atoms with Crippen molar-refractivity contribution in [3.05, 3.63) is 0 Å². The Bertz CT molecular complexity index is 152. The molecule has 10 heavy (non-hydrogen) atoms. The highest BCUT2D eigenvalue weighted by Crippen LogP contribution is 2.41. The maximum absolute atomic E-state index is 13.2. The zero-order valence-corrected chi connectivity index (χ0v) is 5.93. The summed E-state index contributed by atoms with van der Waals surface area (Å²) >= 11 is 0. The van der Waals surface area contributed by atoms with E-state index in [-0.39, 0.29) is 0 Å². The van der Waals surface area contributed by atoms with Crippen molar-refractivity contribution in [1.82, 2.24) is 0 Å². The number of carbonyl (C=O) groups is 1. The van der Waals surface area contributed by atoms with Crippen LogP contribution in [0.25, 0.3) is 0 Å². The van der Waals surface area contributed by atoms with Gasteiger partial charge in [0.2, 0.25) is 0 Å². The SMILES string of the molecule is CC(C(=O)O)C1(F)CCC1. The van der Waals surface area contributed by atoms with Crippen molar-refractivity contribution < 1.29 is 14.3 Å². The first-order valence-corrected chi connectivity index (χ1v) is 3.48. The summed E-state index contributed by atoms with van der Waals surface area (Å²) in [4.78, 5) is 10.3. The predicted molar refractivity (Wildman–Crippen MR) is 34.5 cm³/mol. The largest absolute Gasteiger partial charge is 0.481 e. The van der Waals surface area contributed by atoms with Gasteiger partial charge in [-0.15, -0.1) is 0 Å². The molecule has 1 rings (SSSR count). The third kappa shape index (κ3) is 1.00. The van der Waals surface area contributed by atoms with Gasteiger partial charge in [0.15, 0.2) is 0 Å². The van der Waals surface area contributed by atoms with Crippen LogP contribution in [-0.2, 0) is 4.79 Å². The Labute approximate surface area is 59.0 Å². The van der Waals surface area contributed by atoms with Gasteiger partial charge in [0.05, 0.1) is 5.92 Å². The molecule has 0 radical (unpaired) electrons. The smallest absolute Gasteiger partial charge is 0.309 e. The van der Waals surface area contributed by atoms with Crippen LogP contribution in [0.4, 0.5) is 4.39 Å². The first-order chi connectivity index (χ1) is 4.56. The summed E-state index contributed by atoms with van der Waals surface area (Å²) < 4.78 is 13.2. The van der Waals surface area contributed by atoms with E-state index in [9.17, 15) is 9.18 Å². The maximum atomic E-state index is 13.2. The molecule has 1 N–H and O–H groups in total. The van der Waals surface area contributed by atoms with Gasteiger partial charge in [0.1, 0.15) is 5.67 Å². The molecule has 1 saturated carbocycles. The van der Waals surface area contributed by atoms with Crippen LogP contribution in [0.3, 0.4) is 0 Å². The minimum atomic E-state index is -1.40. The molecule has 2 nitrogen and oxygen atoms in total. The highest BCUT2D eigenvalue weighted by atomic mass is 19.1. The Hall–Kier alpha value is -0.600. The minimum Gasteiger partial charge on any atom is -0.481 e. The van der Waals surface area contributed by atoms with Gasteiger partial charge in [-0.25, -0.2) is 4.39 Å². The van der Waals surface area contributed by atoms with Crippen LogP contribution in [0.5, 0.6) is 0 Å². The zero-order valence-electron chi connectivity index (χ0n) is 5.93. The van der Waals surface area contributed by atoms with Crippen LogP contribution in [0, 0.1) is 5.92 Å². The van der Waals surface area contributed by atoms with E-state index in [2.05, 4.69) is 0 Å². The fourth-order valence-electron chi connectivity index (χ4n) is 1.17. The van der Waals surface area contributed by atoms with Gasteiger partial charge < -0.3 is 5.11 Å². The second-order valence-corrected chi connectivity index (χ2v) is 2.95. The topological polar surface area (TPSA) is 37.3 Å². The van der Waals surface area contributed by atoms with Gasteiger partial charge in [-0.05, 0) is 26.2 Å². The Balaban J connectivity index is 2.54. The lowest BCUT2D eigenvalue weighted by atomic mass is 9.73.